The van der Waals surface area contributed by atoms with Crippen molar-refractivity contribution in [2.45, 2.75) is 53.0 Å². The Bertz CT molecular complexity index is 138. The molecule has 1 aliphatic carbocycles. The first-order valence-electron chi connectivity index (χ1n) is 5.88. The lowest BCUT2D eigenvalue weighted by molar-refractivity contribution is 0.253. The fraction of sp³-hybridized carbons (Fsp3) is 1.00. The zero-order chi connectivity index (χ0) is 9.84. The van der Waals surface area contributed by atoms with Crippen LogP contribution in [-0.4, -0.2) is 12.6 Å². The summed E-state index contributed by atoms with van der Waals surface area (Å²) in [5, 5.41) is 3.65. The van der Waals surface area contributed by atoms with Gasteiger partial charge in [0.25, 0.3) is 0 Å². The molecule has 0 aromatic rings. The van der Waals surface area contributed by atoms with Gasteiger partial charge in [-0.2, -0.15) is 0 Å². The summed E-state index contributed by atoms with van der Waals surface area (Å²) in [7, 11) is 0. The predicted molar refractivity (Wildman–Crippen MR) is 58.8 cm³/mol. The molecule has 0 heterocycles. The molecule has 1 N–H and O–H groups in total. The van der Waals surface area contributed by atoms with E-state index in [0.717, 1.165) is 23.8 Å². The van der Waals surface area contributed by atoms with Crippen molar-refractivity contribution in [1.82, 2.24) is 5.32 Å². The first-order valence-corrected chi connectivity index (χ1v) is 5.88. The van der Waals surface area contributed by atoms with Crippen LogP contribution in [0, 0.1) is 17.8 Å². The van der Waals surface area contributed by atoms with E-state index in [-0.39, 0.29) is 0 Å². The summed E-state index contributed by atoms with van der Waals surface area (Å²) in [6.45, 7) is 10.6. The molecule has 1 nitrogen and oxygen atoms in total. The fourth-order valence-electron chi connectivity index (χ4n) is 1.99. The average Bonchev–Trinajstić information content (AvgIpc) is 2.87. The minimum absolute atomic E-state index is 0.821. The van der Waals surface area contributed by atoms with E-state index in [0.29, 0.717) is 0 Å². The SMILES string of the molecule is CCC(C)C(CNC1CC1)C(C)C. The lowest BCUT2D eigenvalue weighted by Crippen LogP contribution is -2.31. The van der Waals surface area contributed by atoms with Gasteiger partial charge in [-0.3, -0.25) is 0 Å². The highest BCUT2D eigenvalue weighted by atomic mass is 14.9. The minimum Gasteiger partial charge on any atom is -0.314 e. The Morgan fingerprint density at radius 1 is 1.23 bits per heavy atom. The zero-order valence-electron chi connectivity index (χ0n) is 9.64. The van der Waals surface area contributed by atoms with E-state index >= 15 is 0 Å². The highest BCUT2D eigenvalue weighted by Gasteiger charge is 2.24. The lowest BCUT2D eigenvalue weighted by Gasteiger charge is -2.27. The van der Waals surface area contributed by atoms with Gasteiger partial charge in [0, 0.05) is 6.04 Å². The number of rotatable bonds is 6. The van der Waals surface area contributed by atoms with Gasteiger partial charge in [-0.25, -0.2) is 0 Å². The quantitative estimate of drug-likeness (QED) is 0.667. The maximum absolute atomic E-state index is 3.65. The molecule has 1 rings (SSSR count). The van der Waals surface area contributed by atoms with Crippen molar-refractivity contribution in [2.75, 3.05) is 6.54 Å². The molecule has 0 radical (unpaired) electrons. The van der Waals surface area contributed by atoms with E-state index in [9.17, 15) is 0 Å². The van der Waals surface area contributed by atoms with Gasteiger partial charge in [-0.05, 0) is 37.1 Å². The number of hydrogen-bond donors (Lipinski definition) is 1. The fourth-order valence-corrected chi connectivity index (χ4v) is 1.99. The third-order valence-corrected chi connectivity index (χ3v) is 3.45. The van der Waals surface area contributed by atoms with E-state index in [1.807, 2.05) is 0 Å². The standard InChI is InChI=1S/C12H25N/c1-5-10(4)12(9(2)3)8-13-11-6-7-11/h9-13H,5-8H2,1-4H3. The van der Waals surface area contributed by atoms with Crippen LogP contribution >= 0.6 is 0 Å². The highest BCUT2D eigenvalue weighted by molar-refractivity contribution is 4.83. The maximum Gasteiger partial charge on any atom is 0.00683 e. The van der Waals surface area contributed by atoms with Crippen molar-refractivity contribution in [3.63, 3.8) is 0 Å². The molecule has 0 aliphatic heterocycles. The van der Waals surface area contributed by atoms with Gasteiger partial charge in [0.2, 0.25) is 0 Å². The second-order valence-electron chi connectivity index (χ2n) is 4.98. The average molecular weight is 183 g/mol. The Morgan fingerprint density at radius 3 is 2.23 bits per heavy atom. The third-order valence-electron chi connectivity index (χ3n) is 3.45. The molecule has 0 aromatic heterocycles. The van der Waals surface area contributed by atoms with Crippen LogP contribution in [-0.2, 0) is 0 Å². The van der Waals surface area contributed by atoms with Crippen LogP contribution in [0.5, 0.6) is 0 Å². The number of nitrogens with one attached hydrogen (secondary N) is 1. The van der Waals surface area contributed by atoms with Crippen molar-refractivity contribution in [3.8, 4) is 0 Å². The largest absolute Gasteiger partial charge is 0.314 e. The van der Waals surface area contributed by atoms with Gasteiger partial charge < -0.3 is 5.32 Å². The second kappa shape index (κ2) is 4.99. The first kappa shape index (κ1) is 11.0. The Balaban J connectivity index is 2.27. The van der Waals surface area contributed by atoms with Crippen LogP contribution in [0.3, 0.4) is 0 Å². The molecule has 1 fully saturated rings. The highest BCUT2D eigenvalue weighted by Crippen LogP contribution is 2.25. The summed E-state index contributed by atoms with van der Waals surface area (Å²) in [6, 6.07) is 0.866. The van der Waals surface area contributed by atoms with Crippen LogP contribution in [0.25, 0.3) is 0 Å². The minimum atomic E-state index is 0.821. The normalized spacial score (nSPS) is 21.9. The van der Waals surface area contributed by atoms with Gasteiger partial charge in [0.15, 0.2) is 0 Å². The molecule has 1 heteroatoms. The Hall–Kier alpha value is -0.0400. The second-order valence-corrected chi connectivity index (χ2v) is 4.98. The summed E-state index contributed by atoms with van der Waals surface area (Å²) in [6.07, 6.45) is 4.13. The molecule has 1 aliphatic rings. The summed E-state index contributed by atoms with van der Waals surface area (Å²) in [4.78, 5) is 0. The third kappa shape index (κ3) is 3.68. The molecule has 1 saturated carbocycles. The van der Waals surface area contributed by atoms with E-state index in [1.54, 1.807) is 0 Å². The molecule has 0 bridgehead atoms. The van der Waals surface area contributed by atoms with E-state index in [4.69, 9.17) is 0 Å². The van der Waals surface area contributed by atoms with Gasteiger partial charge in [0.1, 0.15) is 0 Å². The number of hydrogen-bond acceptors (Lipinski definition) is 1. The van der Waals surface area contributed by atoms with Crippen molar-refractivity contribution in [3.05, 3.63) is 0 Å². The maximum atomic E-state index is 3.65. The van der Waals surface area contributed by atoms with Crippen LogP contribution in [0.1, 0.15) is 47.0 Å². The molecule has 0 aromatic carbocycles. The van der Waals surface area contributed by atoms with Crippen LogP contribution in [0.15, 0.2) is 0 Å². The van der Waals surface area contributed by atoms with Gasteiger partial charge in [-0.15, -0.1) is 0 Å². The molecule has 0 spiro atoms. The summed E-state index contributed by atoms with van der Waals surface area (Å²) in [5.74, 6) is 2.55. The van der Waals surface area contributed by atoms with Gasteiger partial charge >= 0.3 is 0 Å². The Labute approximate surface area is 83.3 Å². The zero-order valence-corrected chi connectivity index (χ0v) is 9.64. The molecule has 13 heavy (non-hydrogen) atoms. The Kier molecular flexibility index (Phi) is 4.24. The van der Waals surface area contributed by atoms with E-state index < -0.39 is 0 Å². The lowest BCUT2D eigenvalue weighted by atomic mass is 9.83. The molecule has 2 atom stereocenters. The van der Waals surface area contributed by atoms with E-state index in [1.165, 1.54) is 25.8 Å². The summed E-state index contributed by atoms with van der Waals surface area (Å²) < 4.78 is 0. The van der Waals surface area contributed by atoms with Crippen LogP contribution in [0.2, 0.25) is 0 Å². The van der Waals surface area contributed by atoms with Crippen LogP contribution in [0.4, 0.5) is 0 Å². The van der Waals surface area contributed by atoms with Crippen molar-refractivity contribution < 1.29 is 0 Å². The molecule has 78 valence electrons. The van der Waals surface area contributed by atoms with Crippen molar-refractivity contribution in [2.24, 2.45) is 17.8 Å². The van der Waals surface area contributed by atoms with Gasteiger partial charge in [-0.1, -0.05) is 34.1 Å². The smallest absolute Gasteiger partial charge is 0.00683 e. The molecule has 0 saturated heterocycles. The monoisotopic (exact) mass is 183 g/mol. The summed E-state index contributed by atoms with van der Waals surface area (Å²) in [5.41, 5.74) is 0. The Morgan fingerprint density at radius 2 is 1.85 bits per heavy atom. The van der Waals surface area contributed by atoms with Crippen molar-refractivity contribution in [1.29, 1.82) is 0 Å². The molecular weight excluding hydrogens is 158 g/mol. The van der Waals surface area contributed by atoms with E-state index in [2.05, 4.69) is 33.0 Å². The van der Waals surface area contributed by atoms with Crippen LogP contribution < -0.4 is 5.32 Å². The van der Waals surface area contributed by atoms with Gasteiger partial charge in [0.05, 0.1) is 0 Å². The summed E-state index contributed by atoms with van der Waals surface area (Å²) >= 11 is 0. The predicted octanol–water partition coefficient (Wildman–Crippen LogP) is 3.06. The molecule has 2 unspecified atom stereocenters. The van der Waals surface area contributed by atoms with Crippen molar-refractivity contribution >= 4 is 0 Å². The first-order chi connectivity index (χ1) is 6.15. The topological polar surface area (TPSA) is 12.0 Å². The molecular formula is C12H25N. The molecule has 0 amide bonds.